The maximum absolute atomic E-state index is 11.8. The molecule has 1 aromatic heterocycles. The second kappa shape index (κ2) is 6.07. The number of thiazole rings is 1. The number of nitrogens with one attached hydrogen (secondary N) is 1. The number of amides is 1. The number of halogens is 1. The fraction of sp³-hybridized carbons (Fsp3) is 0.176. The highest BCUT2D eigenvalue weighted by Gasteiger charge is 2.10. The number of hydrogen-bond donors (Lipinski definition) is 1. The minimum atomic E-state index is -0.0480. The van der Waals surface area contributed by atoms with E-state index in [2.05, 4.69) is 10.3 Å². The molecular weight excluding hydrogens is 316 g/mol. The monoisotopic (exact) mass is 330 g/mol. The fourth-order valence-electron chi connectivity index (χ4n) is 2.04. The van der Waals surface area contributed by atoms with Crippen LogP contribution in [0, 0.1) is 5.92 Å². The van der Waals surface area contributed by atoms with E-state index >= 15 is 0 Å². The number of fused-ring (bicyclic) bond motifs is 1. The molecule has 5 heteroatoms. The largest absolute Gasteiger partial charge is 0.326 e. The molecule has 3 nitrogen and oxygen atoms in total. The van der Waals surface area contributed by atoms with Crippen LogP contribution in [0.1, 0.15) is 13.8 Å². The van der Waals surface area contributed by atoms with E-state index in [1.54, 1.807) is 11.3 Å². The number of benzene rings is 2. The lowest BCUT2D eigenvalue weighted by Crippen LogP contribution is -2.17. The predicted octanol–water partition coefficient (Wildman–Crippen LogP) is 5.21. The van der Waals surface area contributed by atoms with Gasteiger partial charge in [0.15, 0.2) is 0 Å². The van der Waals surface area contributed by atoms with Gasteiger partial charge in [0.1, 0.15) is 5.01 Å². The van der Waals surface area contributed by atoms with E-state index in [-0.39, 0.29) is 11.8 Å². The van der Waals surface area contributed by atoms with Crippen molar-refractivity contribution in [2.75, 3.05) is 5.32 Å². The summed E-state index contributed by atoms with van der Waals surface area (Å²) in [6.07, 6.45) is 0. The van der Waals surface area contributed by atoms with Crippen LogP contribution in [0.3, 0.4) is 0 Å². The van der Waals surface area contributed by atoms with Crippen molar-refractivity contribution in [2.45, 2.75) is 13.8 Å². The molecule has 22 heavy (non-hydrogen) atoms. The molecule has 1 amide bonds. The van der Waals surface area contributed by atoms with Gasteiger partial charge in [0, 0.05) is 22.2 Å². The van der Waals surface area contributed by atoms with E-state index in [0.29, 0.717) is 5.02 Å². The first kappa shape index (κ1) is 15.0. The SMILES string of the molecule is CC(C)C(=O)Nc1ccc2sc(-c3cccc(Cl)c3)nc2c1. The van der Waals surface area contributed by atoms with Gasteiger partial charge in [-0.25, -0.2) is 4.98 Å². The van der Waals surface area contributed by atoms with Gasteiger partial charge < -0.3 is 5.32 Å². The Bertz CT molecular complexity index is 842. The molecule has 0 bridgehead atoms. The van der Waals surface area contributed by atoms with Crippen molar-refractivity contribution in [3.05, 3.63) is 47.5 Å². The first-order valence-corrected chi connectivity index (χ1v) is 8.20. The quantitative estimate of drug-likeness (QED) is 0.716. The van der Waals surface area contributed by atoms with E-state index in [1.165, 1.54) is 0 Å². The topological polar surface area (TPSA) is 42.0 Å². The van der Waals surface area contributed by atoms with Gasteiger partial charge in [-0.05, 0) is 30.3 Å². The summed E-state index contributed by atoms with van der Waals surface area (Å²) >= 11 is 7.65. The highest BCUT2D eigenvalue weighted by Crippen LogP contribution is 2.32. The molecule has 0 aliphatic carbocycles. The van der Waals surface area contributed by atoms with Crippen molar-refractivity contribution >= 4 is 44.7 Å². The van der Waals surface area contributed by atoms with Crippen LogP contribution in [-0.2, 0) is 4.79 Å². The summed E-state index contributed by atoms with van der Waals surface area (Å²) in [5, 5.41) is 4.51. The standard InChI is InChI=1S/C17H15ClN2OS/c1-10(2)16(21)19-13-6-7-15-14(9-13)20-17(22-15)11-4-3-5-12(18)8-11/h3-10H,1-2H3,(H,19,21). The first-order chi connectivity index (χ1) is 10.5. The van der Waals surface area contributed by atoms with Crippen molar-refractivity contribution in [1.82, 2.24) is 4.98 Å². The summed E-state index contributed by atoms with van der Waals surface area (Å²) < 4.78 is 1.08. The number of anilines is 1. The average molecular weight is 331 g/mol. The number of hydrogen-bond acceptors (Lipinski definition) is 3. The van der Waals surface area contributed by atoms with Crippen LogP contribution in [0.2, 0.25) is 5.02 Å². The fourth-order valence-corrected chi connectivity index (χ4v) is 3.17. The maximum Gasteiger partial charge on any atom is 0.226 e. The van der Waals surface area contributed by atoms with Gasteiger partial charge in [0.2, 0.25) is 5.91 Å². The van der Waals surface area contributed by atoms with Gasteiger partial charge in [-0.3, -0.25) is 4.79 Å². The first-order valence-electron chi connectivity index (χ1n) is 7.00. The number of carbonyl (C=O) groups excluding carboxylic acids is 1. The van der Waals surface area contributed by atoms with Gasteiger partial charge in [0.25, 0.3) is 0 Å². The van der Waals surface area contributed by atoms with Crippen LogP contribution in [0.4, 0.5) is 5.69 Å². The summed E-state index contributed by atoms with van der Waals surface area (Å²) in [4.78, 5) is 16.4. The second-order valence-corrected chi connectivity index (χ2v) is 6.82. The van der Waals surface area contributed by atoms with Crippen molar-refractivity contribution in [3.63, 3.8) is 0 Å². The third-order valence-electron chi connectivity index (χ3n) is 3.25. The van der Waals surface area contributed by atoms with Crippen LogP contribution in [0.15, 0.2) is 42.5 Å². The van der Waals surface area contributed by atoms with Gasteiger partial charge >= 0.3 is 0 Å². The predicted molar refractivity (Wildman–Crippen MR) is 93.5 cm³/mol. The molecule has 112 valence electrons. The maximum atomic E-state index is 11.8. The Kier molecular flexibility index (Phi) is 4.14. The van der Waals surface area contributed by atoms with Crippen molar-refractivity contribution < 1.29 is 4.79 Å². The zero-order valence-corrected chi connectivity index (χ0v) is 13.8. The molecular formula is C17H15ClN2OS. The number of rotatable bonds is 3. The summed E-state index contributed by atoms with van der Waals surface area (Å²) in [6, 6.07) is 13.4. The van der Waals surface area contributed by atoms with Crippen LogP contribution in [0.5, 0.6) is 0 Å². The van der Waals surface area contributed by atoms with E-state index in [1.807, 2.05) is 56.3 Å². The lowest BCUT2D eigenvalue weighted by atomic mass is 10.2. The van der Waals surface area contributed by atoms with Gasteiger partial charge in [-0.2, -0.15) is 0 Å². The number of aromatic nitrogens is 1. The molecule has 0 saturated carbocycles. The Morgan fingerprint density at radius 1 is 1.23 bits per heavy atom. The molecule has 2 aromatic carbocycles. The Morgan fingerprint density at radius 3 is 2.77 bits per heavy atom. The van der Waals surface area contributed by atoms with Gasteiger partial charge in [0.05, 0.1) is 10.2 Å². The summed E-state index contributed by atoms with van der Waals surface area (Å²) in [7, 11) is 0. The van der Waals surface area contributed by atoms with Gasteiger partial charge in [-0.1, -0.05) is 37.6 Å². The molecule has 1 N–H and O–H groups in total. The van der Waals surface area contributed by atoms with E-state index in [4.69, 9.17) is 11.6 Å². The van der Waals surface area contributed by atoms with E-state index in [9.17, 15) is 4.79 Å². The number of carbonyl (C=O) groups is 1. The molecule has 0 unspecified atom stereocenters. The van der Waals surface area contributed by atoms with Crippen molar-refractivity contribution in [2.24, 2.45) is 5.92 Å². The Labute approximate surface area is 138 Å². The van der Waals surface area contributed by atoms with Crippen molar-refractivity contribution in [1.29, 1.82) is 0 Å². The average Bonchev–Trinajstić information content (AvgIpc) is 2.90. The molecule has 0 fully saturated rings. The third kappa shape index (κ3) is 3.13. The van der Waals surface area contributed by atoms with E-state index in [0.717, 1.165) is 26.5 Å². The molecule has 0 radical (unpaired) electrons. The lowest BCUT2D eigenvalue weighted by molar-refractivity contribution is -0.118. The zero-order chi connectivity index (χ0) is 15.7. The number of nitrogens with zero attached hydrogens (tertiary/aromatic N) is 1. The molecule has 3 rings (SSSR count). The highest BCUT2D eigenvalue weighted by molar-refractivity contribution is 7.21. The minimum absolute atomic E-state index is 0.00430. The molecule has 0 atom stereocenters. The third-order valence-corrected chi connectivity index (χ3v) is 4.57. The molecule has 0 aliphatic rings. The second-order valence-electron chi connectivity index (χ2n) is 5.36. The Morgan fingerprint density at radius 2 is 2.05 bits per heavy atom. The van der Waals surface area contributed by atoms with Gasteiger partial charge in [-0.15, -0.1) is 11.3 Å². The van der Waals surface area contributed by atoms with E-state index < -0.39 is 0 Å². The Balaban J connectivity index is 1.95. The highest BCUT2D eigenvalue weighted by atomic mass is 35.5. The molecule has 1 heterocycles. The normalized spacial score (nSPS) is 11.1. The molecule has 0 spiro atoms. The lowest BCUT2D eigenvalue weighted by Gasteiger charge is -2.06. The van der Waals surface area contributed by atoms with Crippen LogP contribution < -0.4 is 5.32 Å². The molecule has 0 aliphatic heterocycles. The summed E-state index contributed by atoms with van der Waals surface area (Å²) in [6.45, 7) is 3.74. The summed E-state index contributed by atoms with van der Waals surface area (Å²) in [5.74, 6) is -0.0437. The molecule has 0 saturated heterocycles. The van der Waals surface area contributed by atoms with Crippen LogP contribution >= 0.6 is 22.9 Å². The summed E-state index contributed by atoms with van der Waals surface area (Å²) in [5.41, 5.74) is 2.65. The van der Waals surface area contributed by atoms with Crippen LogP contribution in [-0.4, -0.2) is 10.9 Å². The molecule has 3 aromatic rings. The van der Waals surface area contributed by atoms with Crippen molar-refractivity contribution in [3.8, 4) is 10.6 Å². The smallest absolute Gasteiger partial charge is 0.226 e. The Hall–Kier alpha value is -1.91. The zero-order valence-electron chi connectivity index (χ0n) is 12.3. The van der Waals surface area contributed by atoms with Crippen LogP contribution in [0.25, 0.3) is 20.8 Å². The minimum Gasteiger partial charge on any atom is -0.326 e.